The molecule has 0 aliphatic heterocycles. The third kappa shape index (κ3) is 5.03. The number of benzene rings is 1. The molecule has 0 unspecified atom stereocenters. The molecule has 1 fully saturated rings. The molecule has 0 heterocycles. The Morgan fingerprint density at radius 2 is 1.79 bits per heavy atom. The van der Waals surface area contributed by atoms with Gasteiger partial charge >= 0.3 is 0 Å². The summed E-state index contributed by atoms with van der Waals surface area (Å²) in [6.45, 7) is 0.455. The van der Waals surface area contributed by atoms with E-state index in [0.717, 1.165) is 18.5 Å². The maximum absolute atomic E-state index is 12.0. The number of nitrogens with one attached hydrogen (secondary N) is 1. The molecule has 1 N–H and O–H groups in total. The molecule has 3 nitrogen and oxygen atoms in total. The summed E-state index contributed by atoms with van der Waals surface area (Å²) in [6.07, 6.45) is 4.51. The Balaban J connectivity index is 1.76. The van der Waals surface area contributed by atoms with Crippen molar-refractivity contribution in [3.8, 4) is 0 Å². The van der Waals surface area contributed by atoms with E-state index in [9.17, 15) is 8.42 Å². The number of anilines is 1. The second-order valence-corrected chi connectivity index (χ2v) is 7.86. The van der Waals surface area contributed by atoms with E-state index in [-0.39, 0.29) is 5.75 Å². The predicted molar refractivity (Wildman–Crippen MR) is 80.6 cm³/mol. The molecule has 0 bridgehead atoms. The van der Waals surface area contributed by atoms with Crippen LogP contribution in [-0.2, 0) is 9.84 Å². The Labute approximate surface area is 120 Å². The molecule has 1 aliphatic carbocycles. The van der Waals surface area contributed by atoms with Gasteiger partial charge in [-0.25, -0.2) is 8.42 Å². The Morgan fingerprint density at radius 3 is 2.42 bits per heavy atom. The molecule has 0 spiro atoms. The molecule has 2 rings (SSSR count). The lowest BCUT2D eigenvalue weighted by Gasteiger charge is -2.11. The zero-order valence-electron chi connectivity index (χ0n) is 10.9. The molecule has 1 aromatic carbocycles. The van der Waals surface area contributed by atoms with E-state index in [2.05, 4.69) is 5.32 Å². The van der Waals surface area contributed by atoms with Crippen molar-refractivity contribution in [1.82, 2.24) is 0 Å². The first-order valence-corrected chi connectivity index (χ1v) is 8.95. The number of halogens is 1. The van der Waals surface area contributed by atoms with Crippen LogP contribution in [0, 0.1) is 5.92 Å². The van der Waals surface area contributed by atoms with Gasteiger partial charge in [0.15, 0.2) is 9.84 Å². The SMILES string of the molecule is O=S(=O)(CCNc1ccc(Cl)cc1)CC1CCCC1. The molecule has 0 saturated heterocycles. The van der Waals surface area contributed by atoms with Gasteiger partial charge in [-0.1, -0.05) is 24.4 Å². The van der Waals surface area contributed by atoms with Crippen molar-refractivity contribution in [3.63, 3.8) is 0 Å². The normalized spacial score (nSPS) is 16.7. The molecule has 19 heavy (non-hydrogen) atoms. The molecule has 1 aliphatic rings. The molecule has 0 radical (unpaired) electrons. The fourth-order valence-electron chi connectivity index (χ4n) is 2.54. The van der Waals surface area contributed by atoms with Gasteiger partial charge in [-0.2, -0.15) is 0 Å². The second kappa shape index (κ2) is 6.62. The van der Waals surface area contributed by atoms with Crippen LogP contribution in [0.1, 0.15) is 25.7 Å². The Morgan fingerprint density at radius 1 is 1.16 bits per heavy atom. The minimum Gasteiger partial charge on any atom is -0.384 e. The lowest BCUT2D eigenvalue weighted by Crippen LogP contribution is -2.22. The van der Waals surface area contributed by atoms with Crippen molar-refractivity contribution in [1.29, 1.82) is 0 Å². The average molecular weight is 302 g/mol. The van der Waals surface area contributed by atoms with Crippen molar-refractivity contribution in [2.75, 3.05) is 23.4 Å². The predicted octanol–water partition coefficient (Wildman–Crippen LogP) is 3.36. The standard InChI is InChI=1S/C14H20ClNO2S/c15-13-5-7-14(8-6-13)16-9-10-19(17,18)11-12-3-1-2-4-12/h5-8,12,16H,1-4,9-11H2. The van der Waals surface area contributed by atoms with Gasteiger partial charge in [-0.05, 0) is 43.0 Å². The smallest absolute Gasteiger partial charge is 0.152 e. The number of hydrogen-bond acceptors (Lipinski definition) is 3. The number of hydrogen-bond donors (Lipinski definition) is 1. The highest BCUT2D eigenvalue weighted by atomic mass is 35.5. The van der Waals surface area contributed by atoms with Crippen LogP contribution in [0.5, 0.6) is 0 Å². The van der Waals surface area contributed by atoms with Crippen LogP contribution in [-0.4, -0.2) is 26.5 Å². The van der Waals surface area contributed by atoms with Crippen LogP contribution in [0.3, 0.4) is 0 Å². The average Bonchev–Trinajstić information content (AvgIpc) is 2.83. The van der Waals surface area contributed by atoms with Crippen molar-refractivity contribution >= 4 is 27.1 Å². The van der Waals surface area contributed by atoms with Crippen LogP contribution in [0.4, 0.5) is 5.69 Å². The summed E-state index contributed by atoms with van der Waals surface area (Å²) in [7, 11) is -2.93. The van der Waals surface area contributed by atoms with Crippen molar-refractivity contribution in [2.24, 2.45) is 5.92 Å². The zero-order chi connectivity index (χ0) is 13.7. The van der Waals surface area contributed by atoms with E-state index in [1.165, 1.54) is 12.8 Å². The van der Waals surface area contributed by atoms with E-state index >= 15 is 0 Å². The highest BCUT2D eigenvalue weighted by molar-refractivity contribution is 7.91. The van der Waals surface area contributed by atoms with Crippen LogP contribution in [0.2, 0.25) is 5.02 Å². The fraction of sp³-hybridized carbons (Fsp3) is 0.571. The first-order valence-electron chi connectivity index (χ1n) is 6.75. The molecule has 0 atom stereocenters. The summed E-state index contributed by atoms with van der Waals surface area (Å²) in [5.74, 6) is 0.946. The summed E-state index contributed by atoms with van der Waals surface area (Å²) in [5.41, 5.74) is 0.903. The van der Waals surface area contributed by atoms with E-state index < -0.39 is 9.84 Å². The van der Waals surface area contributed by atoms with Gasteiger partial charge < -0.3 is 5.32 Å². The summed E-state index contributed by atoms with van der Waals surface area (Å²) in [6, 6.07) is 7.28. The first kappa shape index (κ1) is 14.7. The Hall–Kier alpha value is -0.740. The van der Waals surface area contributed by atoms with Gasteiger partial charge in [0.25, 0.3) is 0 Å². The third-order valence-electron chi connectivity index (χ3n) is 3.55. The van der Waals surface area contributed by atoms with Gasteiger partial charge in [-0.3, -0.25) is 0 Å². The minimum atomic E-state index is -2.93. The maximum Gasteiger partial charge on any atom is 0.152 e. The number of rotatable bonds is 6. The Kier molecular flexibility index (Phi) is 5.11. The van der Waals surface area contributed by atoms with Crippen molar-refractivity contribution in [2.45, 2.75) is 25.7 Å². The molecule has 0 amide bonds. The summed E-state index contributed by atoms with van der Waals surface area (Å²) in [5, 5.41) is 3.80. The fourth-order valence-corrected chi connectivity index (χ4v) is 4.30. The van der Waals surface area contributed by atoms with Gasteiger partial charge in [-0.15, -0.1) is 0 Å². The van der Waals surface area contributed by atoms with Crippen LogP contribution >= 0.6 is 11.6 Å². The molecular weight excluding hydrogens is 282 g/mol. The van der Waals surface area contributed by atoms with Gasteiger partial charge in [0.2, 0.25) is 0 Å². The first-order chi connectivity index (χ1) is 9.05. The quantitative estimate of drug-likeness (QED) is 0.876. The summed E-state index contributed by atoms with van der Waals surface area (Å²) >= 11 is 5.79. The topological polar surface area (TPSA) is 46.2 Å². The molecule has 106 valence electrons. The van der Waals surface area contributed by atoms with E-state index in [4.69, 9.17) is 11.6 Å². The van der Waals surface area contributed by atoms with Crippen molar-refractivity contribution < 1.29 is 8.42 Å². The van der Waals surface area contributed by atoms with Gasteiger partial charge in [0, 0.05) is 17.3 Å². The van der Waals surface area contributed by atoms with Crippen LogP contribution < -0.4 is 5.32 Å². The highest BCUT2D eigenvalue weighted by Gasteiger charge is 2.22. The lowest BCUT2D eigenvalue weighted by molar-refractivity contribution is 0.559. The minimum absolute atomic E-state index is 0.201. The summed E-state index contributed by atoms with van der Waals surface area (Å²) in [4.78, 5) is 0. The lowest BCUT2D eigenvalue weighted by atomic mass is 10.1. The van der Waals surface area contributed by atoms with E-state index in [1.54, 1.807) is 12.1 Å². The van der Waals surface area contributed by atoms with Gasteiger partial charge in [0.1, 0.15) is 0 Å². The third-order valence-corrected chi connectivity index (χ3v) is 5.61. The van der Waals surface area contributed by atoms with Crippen LogP contribution in [0.15, 0.2) is 24.3 Å². The Bertz CT molecular complexity index is 493. The van der Waals surface area contributed by atoms with E-state index in [0.29, 0.717) is 23.2 Å². The van der Waals surface area contributed by atoms with Crippen LogP contribution in [0.25, 0.3) is 0 Å². The molecular formula is C14H20ClNO2S. The van der Waals surface area contributed by atoms with E-state index in [1.807, 2.05) is 12.1 Å². The summed E-state index contributed by atoms with van der Waals surface area (Å²) < 4.78 is 23.9. The highest BCUT2D eigenvalue weighted by Crippen LogP contribution is 2.26. The molecule has 5 heteroatoms. The molecule has 1 aromatic rings. The van der Waals surface area contributed by atoms with Crippen molar-refractivity contribution in [3.05, 3.63) is 29.3 Å². The molecule has 0 aromatic heterocycles. The largest absolute Gasteiger partial charge is 0.384 e. The maximum atomic E-state index is 12.0. The zero-order valence-corrected chi connectivity index (χ0v) is 12.5. The van der Waals surface area contributed by atoms with Gasteiger partial charge in [0.05, 0.1) is 11.5 Å². The number of sulfone groups is 1. The molecule has 1 saturated carbocycles. The second-order valence-electron chi connectivity index (χ2n) is 5.20. The monoisotopic (exact) mass is 301 g/mol.